The summed E-state index contributed by atoms with van der Waals surface area (Å²) < 4.78 is 0. The van der Waals surface area contributed by atoms with Crippen LogP contribution in [0.15, 0.2) is 42.5 Å². The first-order chi connectivity index (χ1) is 13.4. The molecule has 1 aliphatic carbocycles. The van der Waals surface area contributed by atoms with E-state index in [-0.39, 0.29) is 11.8 Å². The van der Waals surface area contributed by atoms with E-state index in [9.17, 15) is 4.79 Å². The monoisotopic (exact) mass is 373 g/mol. The Balaban J connectivity index is 1.53. The van der Waals surface area contributed by atoms with E-state index in [1.54, 1.807) is 0 Å². The van der Waals surface area contributed by atoms with Gasteiger partial charge in [-0.2, -0.15) is 0 Å². The quantitative estimate of drug-likeness (QED) is 0.801. The van der Waals surface area contributed by atoms with Gasteiger partial charge < -0.3 is 5.11 Å². The van der Waals surface area contributed by atoms with Crippen molar-refractivity contribution >= 4 is 5.97 Å². The zero-order valence-electron chi connectivity index (χ0n) is 16.7. The minimum Gasteiger partial charge on any atom is -0.481 e. The molecule has 1 aliphatic heterocycles. The molecular formula is C25H27NO2. The van der Waals surface area contributed by atoms with Gasteiger partial charge in [0.05, 0.1) is 6.42 Å². The van der Waals surface area contributed by atoms with Gasteiger partial charge in [0, 0.05) is 36.2 Å². The van der Waals surface area contributed by atoms with Crippen LogP contribution in [0.5, 0.6) is 0 Å². The summed E-state index contributed by atoms with van der Waals surface area (Å²) in [6, 6.07) is 15.1. The topological polar surface area (TPSA) is 40.5 Å². The number of hydrogen-bond acceptors (Lipinski definition) is 2. The largest absolute Gasteiger partial charge is 0.481 e. The summed E-state index contributed by atoms with van der Waals surface area (Å²) in [6.07, 6.45) is 2.60. The van der Waals surface area contributed by atoms with Gasteiger partial charge in [-0.3, -0.25) is 9.69 Å². The first kappa shape index (κ1) is 18.8. The van der Waals surface area contributed by atoms with Gasteiger partial charge in [0.15, 0.2) is 0 Å². The molecule has 1 N–H and O–H groups in total. The minimum atomic E-state index is -0.720. The van der Waals surface area contributed by atoms with Gasteiger partial charge in [0.1, 0.15) is 0 Å². The maximum atomic E-state index is 10.9. The third-order valence-corrected chi connectivity index (χ3v) is 6.03. The Hall–Kier alpha value is -2.57. The van der Waals surface area contributed by atoms with E-state index in [4.69, 9.17) is 5.11 Å². The molecule has 2 aromatic rings. The molecule has 0 atom stereocenters. The third-order valence-electron chi connectivity index (χ3n) is 6.03. The fraction of sp³-hybridized carbons (Fsp3) is 0.400. The highest BCUT2D eigenvalue weighted by atomic mass is 16.4. The summed E-state index contributed by atoms with van der Waals surface area (Å²) in [6.45, 7) is 6.84. The second kappa shape index (κ2) is 7.45. The van der Waals surface area contributed by atoms with Gasteiger partial charge in [-0.15, -0.1) is 0 Å². The molecule has 3 nitrogen and oxygen atoms in total. The Labute approximate surface area is 167 Å². The van der Waals surface area contributed by atoms with Crippen LogP contribution in [0.4, 0.5) is 0 Å². The molecule has 1 spiro atoms. The number of nitrogens with zero attached hydrogens (tertiary/aromatic N) is 1. The van der Waals surface area contributed by atoms with Crippen LogP contribution in [0.25, 0.3) is 0 Å². The van der Waals surface area contributed by atoms with Gasteiger partial charge in [-0.25, -0.2) is 0 Å². The molecule has 0 amide bonds. The molecule has 0 radical (unpaired) electrons. The van der Waals surface area contributed by atoms with Gasteiger partial charge in [-0.05, 0) is 59.7 Å². The summed E-state index contributed by atoms with van der Waals surface area (Å²) in [5.41, 5.74) is 6.44. The summed E-state index contributed by atoms with van der Waals surface area (Å²) in [7, 11) is 0. The predicted molar refractivity (Wildman–Crippen MR) is 111 cm³/mol. The molecule has 0 unspecified atom stereocenters. The zero-order valence-corrected chi connectivity index (χ0v) is 16.7. The number of hydrogen-bond donors (Lipinski definition) is 1. The summed E-state index contributed by atoms with van der Waals surface area (Å²) in [5, 5.41) is 8.97. The lowest BCUT2D eigenvalue weighted by atomic mass is 9.85. The van der Waals surface area contributed by atoms with E-state index in [0.29, 0.717) is 12.5 Å². The van der Waals surface area contributed by atoms with E-state index in [0.717, 1.165) is 24.2 Å². The van der Waals surface area contributed by atoms with E-state index in [1.807, 2.05) is 0 Å². The van der Waals surface area contributed by atoms with Crippen molar-refractivity contribution in [3.8, 4) is 11.8 Å². The van der Waals surface area contributed by atoms with Crippen LogP contribution in [0.2, 0.25) is 0 Å². The fourth-order valence-electron chi connectivity index (χ4n) is 4.18. The lowest BCUT2D eigenvalue weighted by molar-refractivity contribution is -0.137. The molecule has 2 aliphatic rings. The lowest BCUT2D eigenvalue weighted by Crippen LogP contribution is -2.39. The van der Waals surface area contributed by atoms with E-state index in [1.165, 1.54) is 29.5 Å². The Kier molecular flexibility index (Phi) is 5.00. The first-order valence-electron chi connectivity index (χ1n) is 10.1. The third kappa shape index (κ3) is 3.98. The van der Waals surface area contributed by atoms with Crippen LogP contribution < -0.4 is 0 Å². The van der Waals surface area contributed by atoms with Gasteiger partial charge in [0.25, 0.3) is 0 Å². The van der Waals surface area contributed by atoms with Crippen LogP contribution in [0, 0.1) is 11.8 Å². The number of carbonyl (C=O) groups is 1. The smallest absolute Gasteiger partial charge is 0.304 e. The Morgan fingerprint density at radius 1 is 1.11 bits per heavy atom. The normalized spacial score (nSPS) is 17.1. The van der Waals surface area contributed by atoms with Crippen molar-refractivity contribution in [2.75, 3.05) is 13.1 Å². The Morgan fingerprint density at radius 2 is 1.79 bits per heavy atom. The van der Waals surface area contributed by atoms with E-state index >= 15 is 0 Å². The highest BCUT2D eigenvalue weighted by molar-refractivity contribution is 5.66. The molecule has 3 heteroatoms. The molecule has 0 bridgehead atoms. The fourth-order valence-corrected chi connectivity index (χ4v) is 4.18. The van der Waals surface area contributed by atoms with Crippen molar-refractivity contribution in [2.24, 2.45) is 0 Å². The minimum absolute atomic E-state index is 0.213. The van der Waals surface area contributed by atoms with Gasteiger partial charge in [0.2, 0.25) is 0 Å². The number of rotatable bonds is 4. The van der Waals surface area contributed by atoms with Crippen molar-refractivity contribution < 1.29 is 9.90 Å². The molecule has 144 valence electrons. The Bertz CT molecular complexity index is 943. The predicted octanol–water partition coefficient (Wildman–Crippen LogP) is 4.53. The Morgan fingerprint density at radius 3 is 2.43 bits per heavy atom. The first-order valence-corrected chi connectivity index (χ1v) is 10.1. The van der Waals surface area contributed by atoms with Crippen molar-refractivity contribution in [3.05, 3.63) is 70.3 Å². The average molecular weight is 373 g/mol. The molecule has 1 saturated carbocycles. The summed E-state index contributed by atoms with van der Waals surface area (Å²) in [4.78, 5) is 13.2. The number of benzene rings is 2. The summed E-state index contributed by atoms with van der Waals surface area (Å²) in [5.74, 6) is 6.45. The number of fused-ring (bicyclic) bond motifs is 2. The number of aliphatic carboxylic acids is 1. The van der Waals surface area contributed by atoms with Crippen molar-refractivity contribution in [3.63, 3.8) is 0 Å². The van der Waals surface area contributed by atoms with Crippen molar-refractivity contribution in [1.82, 2.24) is 4.90 Å². The van der Waals surface area contributed by atoms with Crippen LogP contribution in [-0.2, 0) is 16.8 Å². The van der Waals surface area contributed by atoms with Gasteiger partial charge >= 0.3 is 5.97 Å². The van der Waals surface area contributed by atoms with Crippen LogP contribution in [0.1, 0.15) is 66.8 Å². The van der Waals surface area contributed by atoms with Crippen LogP contribution in [0.3, 0.4) is 0 Å². The standard InChI is InChI=1S/C25H27NO2/c1-18(2)21-8-5-19(6-9-21)3-4-20-7-10-22-16-26(14-11-24(27)28)17-25(12-13-25)23(22)15-20/h5-10,15,18H,11-14,16-17H2,1-2H3,(H,27,28). The van der Waals surface area contributed by atoms with Crippen molar-refractivity contribution in [2.45, 2.75) is 51.0 Å². The molecule has 1 fully saturated rings. The maximum Gasteiger partial charge on any atom is 0.304 e. The van der Waals surface area contributed by atoms with E-state index < -0.39 is 5.97 Å². The molecule has 1 heterocycles. The van der Waals surface area contributed by atoms with Crippen LogP contribution >= 0.6 is 0 Å². The molecule has 2 aromatic carbocycles. The van der Waals surface area contributed by atoms with Gasteiger partial charge in [-0.1, -0.05) is 43.9 Å². The molecule has 4 rings (SSSR count). The van der Waals surface area contributed by atoms with E-state index in [2.05, 4.69) is 73.1 Å². The molecule has 0 aromatic heterocycles. The SMILES string of the molecule is CC(C)c1ccc(C#Cc2ccc3c(c2)C2(CC2)CN(CCC(=O)O)C3)cc1. The van der Waals surface area contributed by atoms with Crippen molar-refractivity contribution in [1.29, 1.82) is 0 Å². The molecule has 0 saturated heterocycles. The van der Waals surface area contributed by atoms with Crippen LogP contribution in [-0.4, -0.2) is 29.1 Å². The molecule has 28 heavy (non-hydrogen) atoms. The maximum absolute atomic E-state index is 10.9. The zero-order chi connectivity index (χ0) is 19.7. The average Bonchev–Trinajstić information content (AvgIpc) is 3.45. The lowest BCUT2D eigenvalue weighted by Gasteiger charge is -2.35. The number of carboxylic acids is 1. The second-order valence-corrected chi connectivity index (χ2v) is 8.53. The molecular weight excluding hydrogens is 346 g/mol. The summed E-state index contributed by atoms with van der Waals surface area (Å²) >= 11 is 0. The second-order valence-electron chi connectivity index (χ2n) is 8.53. The highest BCUT2D eigenvalue weighted by Gasteiger charge is 2.48. The number of carboxylic acid groups (broad SMARTS) is 1. The highest BCUT2D eigenvalue weighted by Crippen LogP contribution is 2.52.